The highest BCUT2D eigenvalue weighted by Crippen LogP contribution is 1.91. The van der Waals surface area contributed by atoms with Gasteiger partial charge in [0.2, 0.25) is 0 Å². The molecule has 1 heterocycles. The van der Waals surface area contributed by atoms with Gasteiger partial charge in [0.05, 0.1) is 12.0 Å². The van der Waals surface area contributed by atoms with Gasteiger partial charge in [0.1, 0.15) is 0 Å². The topological polar surface area (TPSA) is 41.7 Å². The summed E-state index contributed by atoms with van der Waals surface area (Å²) in [7, 11) is 1.92. The number of rotatable bonds is 2. The van der Waals surface area contributed by atoms with Crippen LogP contribution in [0, 0.1) is 5.41 Å². The molecular formula is C6H9N3. The molecule has 0 aliphatic carbocycles. The zero-order chi connectivity index (χ0) is 6.69. The van der Waals surface area contributed by atoms with Crippen LogP contribution in [0.25, 0.3) is 0 Å². The smallest absolute Gasteiger partial charge is 0.0946 e. The number of nitrogens with zero attached hydrogens (tertiary/aromatic N) is 2. The third-order valence-electron chi connectivity index (χ3n) is 1.07. The van der Waals surface area contributed by atoms with Crippen molar-refractivity contribution in [3.8, 4) is 0 Å². The van der Waals surface area contributed by atoms with Crippen molar-refractivity contribution in [2.24, 2.45) is 7.05 Å². The molecule has 0 bridgehead atoms. The largest absolute Gasteiger partial charge is 0.340 e. The SMILES string of the molecule is Cn1cnc(CC=N)c1. The van der Waals surface area contributed by atoms with Gasteiger partial charge in [-0.1, -0.05) is 0 Å². The van der Waals surface area contributed by atoms with Gasteiger partial charge in [0.25, 0.3) is 0 Å². The van der Waals surface area contributed by atoms with Crippen LogP contribution in [-0.2, 0) is 13.5 Å². The van der Waals surface area contributed by atoms with E-state index in [1.165, 1.54) is 6.21 Å². The van der Waals surface area contributed by atoms with E-state index in [0.717, 1.165) is 5.69 Å². The number of hydrogen-bond acceptors (Lipinski definition) is 2. The number of aromatic nitrogens is 2. The third-order valence-corrected chi connectivity index (χ3v) is 1.07. The summed E-state index contributed by atoms with van der Waals surface area (Å²) >= 11 is 0. The minimum Gasteiger partial charge on any atom is -0.340 e. The Labute approximate surface area is 53.9 Å². The van der Waals surface area contributed by atoms with Crippen LogP contribution in [0.1, 0.15) is 5.69 Å². The Morgan fingerprint density at radius 3 is 3.11 bits per heavy atom. The molecule has 0 aliphatic heterocycles. The quantitative estimate of drug-likeness (QED) is 0.575. The maximum absolute atomic E-state index is 6.78. The Bertz CT molecular complexity index is 202. The van der Waals surface area contributed by atoms with Crippen LogP contribution >= 0.6 is 0 Å². The second-order valence-electron chi connectivity index (χ2n) is 1.94. The predicted octanol–water partition coefficient (Wildman–Crippen LogP) is 0.612. The fourth-order valence-corrected chi connectivity index (χ4v) is 0.677. The third kappa shape index (κ3) is 1.38. The summed E-state index contributed by atoms with van der Waals surface area (Å²) in [5.41, 5.74) is 0.951. The molecule has 0 saturated carbocycles. The molecule has 48 valence electrons. The first kappa shape index (κ1) is 6.01. The lowest BCUT2D eigenvalue weighted by Crippen LogP contribution is -1.83. The summed E-state index contributed by atoms with van der Waals surface area (Å²) in [5, 5.41) is 6.78. The van der Waals surface area contributed by atoms with Crippen molar-refractivity contribution in [1.82, 2.24) is 9.55 Å². The van der Waals surface area contributed by atoms with Crippen molar-refractivity contribution in [3.05, 3.63) is 18.2 Å². The summed E-state index contributed by atoms with van der Waals surface area (Å²) in [6.07, 6.45) is 5.63. The average molecular weight is 123 g/mol. The lowest BCUT2D eigenvalue weighted by atomic mass is 10.4. The molecule has 1 N–H and O–H groups in total. The first-order chi connectivity index (χ1) is 4.33. The van der Waals surface area contributed by atoms with Gasteiger partial charge in [-0.3, -0.25) is 0 Å². The van der Waals surface area contributed by atoms with Crippen LogP contribution in [0.15, 0.2) is 12.5 Å². The monoisotopic (exact) mass is 123 g/mol. The average Bonchev–Trinajstić information content (AvgIpc) is 2.17. The van der Waals surface area contributed by atoms with Gasteiger partial charge >= 0.3 is 0 Å². The number of imidazole rings is 1. The summed E-state index contributed by atoms with van der Waals surface area (Å²) in [6.45, 7) is 0. The Morgan fingerprint density at radius 1 is 1.89 bits per heavy atom. The first-order valence-electron chi connectivity index (χ1n) is 2.78. The van der Waals surface area contributed by atoms with Crippen LogP contribution in [0.5, 0.6) is 0 Å². The van der Waals surface area contributed by atoms with E-state index in [1.807, 2.05) is 17.8 Å². The first-order valence-corrected chi connectivity index (χ1v) is 2.78. The Balaban J connectivity index is 2.72. The van der Waals surface area contributed by atoms with Crippen molar-refractivity contribution < 1.29 is 0 Å². The molecule has 0 spiro atoms. The highest BCUT2D eigenvalue weighted by Gasteiger charge is 1.90. The zero-order valence-corrected chi connectivity index (χ0v) is 5.33. The van der Waals surface area contributed by atoms with Gasteiger partial charge in [0.15, 0.2) is 0 Å². The number of hydrogen-bond donors (Lipinski definition) is 1. The zero-order valence-electron chi connectivity index (χ0n) is 5.33. The molecule has 3 heteroatoms. The molecule has 1 aromatic heterocycles. The minimum absolute atomic E-state index is 0.640. The van der Waals surface area contributed by atoms with Crippen molar-refractivity contribution >= 4 is 6.21 Å². The fourth-order valence-electron chi connectivity index (χ4n) is 0.677. The van der Waals surface area contributed by atoms with Crippen LogP contribution in [0.3, 0.4) is 0 Å². The molecule has 0 radical (unpaired) electrons. The van der Waals surface area contributed by atoms with Crippen LogP contribution in [-0.4, -0.2) is 15.8 Å². The van der Waals surface area contributed by atoms with E-state index in [9.17, 15) is 0 Å². The molecule has 0 unspecified atom stereocenters. The highest BCUT2D eigenvalue weighted by molar-refractivity contribution is 5.56. The molecule has 0 aromatic carbocycles. The van der Waals surface area contributed by atoms with Crippen molar-refractivity contribution in [1.29, 1.82) is 5.41 Å². The molecule has 0 saturated heterocycles. The molecular weight excluding hydrogens is 114 g/mol. The fraction of sp³-hybridized carbons (Fsp3) is 0.333. The van der Waals surface area contributed by atoms with Gasteiger partial charge in [-0.2, -0.15) is 0 Å². The van der Waals surface area contributed by atoms with E-state index in [2.05, 4.69) is 4.98 Å². The maximum atomic E-state index is 6.78. The van der Waals surface area contributed by atoms with E-state index in [4.69, 9.17) is 5.41 Å². The van der Waals surface area contributed by atoms with E-state index < -0.39 is 0 Å². The predicted molar refractivity (Wildman–Crippen MR) is 35.7 cm³/mol. The van der Waals surface area contributed by atoms with Crippen molar-refractivity contribution in [2.45, 2.75) is 6.42 Å². The van der Waals surface area contributed by atoms with E-state index >= 15 is 0 Å². The van der Waals surface area contributed by atoms with Crippen molar-refractivity contribution in [2.75, 3.05) is 0 Å². The van der Waals surface area contributed by atoms with Gasteiger partial charge < -0.3 is 9.98 Å². The van der Waals surface area contributed by atoms with Crippen LogP contribution < -0.4 is 0 Å². The summed E-state index contributed by atoms with van der Waals surface area (Å²) in [6, 6.07) is 0. The summed E-state index contributed by atoms with van der Waals surface area (Å²) < 4.78 is 1.87. The van der Waals surface area contributed by atoms with Crippen LogP contribution in [0.4, 0.5) is 0 Å². The molecule has 0 amide bonds. The van der Waals surface area contributed by atoms with Crippen molar-refractivity contribution in [3.63, 3.8) is 0 Å². The van der Waals surface area contributed by atoms with Gasteiger partial charge in [-0.25, -0.2) is 4.98 Å². The van der Waals surface area contributed by atoms with Gasteiger partial charge in [0, 0.05) is 25.9 Å². The lowest BCUT2D eigenvalue weighted by Gasteiger charge is -1.82. The lowest BCUT2D eigenvalue weighted by molar-refractivity contribution is 0.913. The summed E-state index contributed by atoms with van der Waals surface area (Å²) in [5.74, 6) is 0. The molecule has 1 rings (SSSR count). The molecule has 0 fully saturated rings. The number of nitrogens with one attached hydrogen (secondary N) is 1. The van der Waals surface area contributed by atoms with Gasteiger partial charge in [-0.15, -0.1) is 0 Å². The Kier molecular flexibility index (Phi) is 1.63. The molecule has 0 aliphatic rings. The van der Waals surface area contributed by atoms with E-state index in [0.29, 0.717) is 6.42 Å². The van der Waals surface area contributed by atoms with Gasteiger partial charge in [-0.05, 0) is 0 Å². The Morgan fingerprint density at radius 2 is 2.67 bits per heavy atom. The Hall–Kier alpha value is -1.12. The minimum atomic E-state index is 0.640. The molecule has 3 nitrogen and oxygen atoms in total. The molecule has 0 atom stereocenters. The maximum Gasteiger partial charge on any atom is 0.0946 e. The van der Waals surface area contributed by atoms with Crippen LogP contribution in [0.2, 0.25) is 0 Å². The second kappa shape index (κ2) is 2.44. The molecule has 1 aromatic rings. The summed E-state index contributed by atoms with van der Waals surface area (Å²) in [4.78, 5) is 4.02. The standard InChI is InChI=1S/C6H9N3/c1-9-4-6(2-3-7)8-5-9/h3-5,7H,2H2,1H3. The number of aryl methyl sites for hydroxylation is 1. The highest BCUT2D eigenvalue weighted by atomic mass is 15.0. The van der Waals surface area contributed by atoms with E-state index in [1.54, 1.807) is 6.33 Å². The second-order valence-corrected chi connectivity index (χ2v) is 1.94. The normalized spacial score (nSPS) is 9.44. The molecule has 9 heavy (non-hydrogen) atoms. The van der Waals surface area contributed by atoms with E-state index in [-0.39, 0.29) is 0 Å².